The fourth-order valence-corrected chi connectivity index (χ4v) is 2.92. The summed E-state index contributed by atoms with van der Waals surface area (Å²) in [6.45, 7) is 8.35. The Balaban J connectivity index is 1.91. The maximum atomic E-state index is 12.1. The van der Waals surface area contributed by atoms with Crippen molar-refractivity contribution >= 4 is 5.91 Å². The van der Waals surface area contributed by atoms with Crippen LogP contribution in [-0.2, 0) is 4.79 Å². The van der Waals surface area contributed by atoms with Crippen LogP contribution in [0.3, 0.4) is 0 Å². The zero-order valence-corrected chi connectivity index (χ0v) is 11.2. The lowest BCUT2D eigenvalue weighted by Gasteiger charge is -2.29. The molecule has 1 amide bonds. The molecule has 2 fully saturated rings. The molecule has 98 valence electrons. The largest absolute Gasteiger partial charge is 0.350 e. The molecular formula is C13H25N3O. The quantitative estimate of drug-likeness (QED) is 0.746. The summed E-state index contributed by atoms with van der Waals surface area (Å²) in [5.74, 6) is 0.0104. The minimum atomic E-state index is -0.419. The van der Waals surface area contributed by atoms with Crippen molar-refractivity contribution in [3.63, 3.8) is 0 Å². The standard InChI is InChI=1S/C13H25N3O/c1-13(2,3)11(14)12(17)15-9-6-8-16-7-4-5-10(9)16/h9-11H,4-8,14H2,1-3H3,(H,15,17). The molecule has 0 spiro atoms. The van der Waals surface area contributed by atoms with E-state index in [-0.39, 0.29) is 11.3 Å². The number of nitrogens with zero attached hydrogens (tertiary/aromatic N) is 1. The molecule has 2 aliphatic rings. The Morgan fingerprint density at radius 3 is 2.71 bits per heavy atom. The first-order valence-electron chi connectivity index (χ1n) is 6.69. The number of amides is 1. The van der Waals surface area contributed by atoms with Crippen molar-refractivity contribution < 1.29 is 4.79 Å². The molecule has 0 aliphatic carbocycles. The Morgan fingerprint density at radius 1 is 1.35 bits per heavy atom. The first kappa shape index (κ1) is 12.8. The Bertz CT molecular complexity index is 298. The second kappa shape index (κ2) is 4.58. The van der Waals surface area contributed by atoms with Gasteiger partial charge in [0.2, 0.25) is 5.91 Å². The maximum absolute atomic E-state index is 12.1. The Morgan fingerprint density at radius 2 is 2.06 bits per heavy atom. The first-order chi connectivity index (χ1) is 7.89. The van der Waals surface area contributed by atoms with Crippen LogP contribution in [0, 0.1) is 5.41 Å². The summed E-state index contributed by atoms with van der Waals surface area (Å²) in [4.78, 5) is 14.6. The highest BCUT2D eigenvalue weighted by Gasteiger charge is 2.39. The van der Waals surface area contributed by atoms with E-state index in [9.17, 15) is 4.79 Å². The number of nitrogens with two attached hydrogens (primary N) is 1. The first-order valence-corrected chi connectivity index (χ1v) is 6.69. The second-order valence-electron chi connectivity index (χ2n) is 6.49. The van der Waals surface area contributed by atoms with Gasteiger partial charge in [-0.25, -0.2) is 0 Å². The van der Waals surface area contributed by atoms with Crippen LogP contribution in [0.5, 0.6) is 0 Å². The number of rotatable bonds is 2. The van der Waals surface area contributed by atoms with E-state index in [1.54, 1.807) is 0 Å². The van der Waals surface area contributed by atoms with Gasteiger partial charge in [-0.1, -0.05) is 20.8 Å². The number of hydrogen-bond acceptors (Lipinski definition) is 3. The van der Waals surface area contributed by atoms with Gasteiger partial charge in [-0.2, -0.15) is 0 Å². The van der Waals surface area contributed by atoms with Gasteiger partial charge < -0.3 is 11.1 Å². The van der Waals surface area contributed by atoms with Crippen LogP contribution in [0.1, 0.15) is 40.0 Å². The monoisotopic (exact) mass is 239 g/mol. The summed E-state index contributed by atoms with van der Waals surface area (Å²) in [7, 11) is 0. The zero-order chi connectivity index (χ0) is 12.6. The van der Waals surface area contributed by atoms with Crippen molar-refractivity contribution in [1.29, 1.82) is 0 Å². The van der Waals surface area contributed by atoms with E-state index in [0.29, 0.717) is 12.1 Å². The topological polar surface area (TPSA) is 58.4 Å². The number of carbonyl (C=O) groups is 1. The van der Waals surface area contributed by atoms with E-state index in [2.05, 4.69) is 10.2 Å². The third-order valence-electron chi connectivity index (χ3n) is 4.15. The molecule has 4 nitrogen and oxygen atoms in total. The fraction of sp³-hybridized carbons (Fsp3) is 0.923. The van der Waals surface area contributed by atoms with Crippen LogP contribution in [0.15, 0.2) is 0 Å². The van der Waals surface area contributed by atoms with Crippen LogP contribution in [0.2, 0.25) is 0 Å². The van der Waals surface area contributed by atoms with Crippen molar-refractivity contribution in [2.75, 3.05) is 13.1 Å². The van der Waals surface area contributed by atoms with Crippen LogP contribution in [-0.4, -0.2) is 42.0 Å². The maximum Gasteiger partial charge on any atom is 0.237 e. The third-order valence-corrected chi connectivity index (χ3v) is 4.15. The van der Waals surface area contributed by atoms with Crippen molar-refractivity contribution in [1.82, 2.24) is 10.2 Å². The molecule has 0 aromatic rings. The summed E-state index contributed by atoms with van der Waals surface area (Å²) in [5.41, 5.74) is 5.82. The van der Waals surface area contributed by atoms with E-state index in [1.807, 2.05) is 20.8 Å². The van der Waals surface area contributed by atoms with Crippen LogP contribution in [0.4, 0.5) is 0 Å². The van der Waals surface area contributed by atoms with Crippen LogP contribution in [0.25, 0.3) is 0 Å². The van der Waals surface area contributed by atoms with Crippen LogP contribution >= 0.6 is 0 Å². The predicted molar refractivity (Wildman–Crippen MR) is 68.6 cm³/mol. The van der Waals surface area contributed by atoms with Gasteiger partial charge in [-0.15, -0.1) is 0 Å². The summed E-state index contributed by atoms with van der Waals surface area (Å²) in [5, 5.41) is 3.15. The number of hydrogen-bond donors (Lipinski definition) is 2. The lowest BCUT2D eigenvalue weighted by atomic mass is 9.86. The van der Waals surface area contributed by atoms with Gasteiger partial charge in [0.15, 0.2) is 0 Å². The number of carbonyl (C=O) groups excluding carboxylic acids is 1. The molecule has 2 saturated heterocycles. The zero-order valence-electron chi connectivity index (χ0n) is 11.2. The van der Waals surface area contributed by atoms with Gasteiger partial charge in [0.25, 0.3) is 0 Å². The lowest BCUT2D eigenvalue weighted by molar-refractivity contribution is -0.125. The van der Waals surface area contributed by atoms with Gasteiger partial charge in [-0.3, -0.25) is 9.69 Å². The summed E-state index contributed by atoms with van der Waals surface area (Å²) < 4.78 is 0. The molecular weight excluding hydrogens is 214 g/mol. The molecule has 2 rings (SSSR count). The third kappa shape index (κ3) is 2.63. The Kier molecular flexibility index (Phi) is 3.46. The van der Waals surface area contributed by atoms with E-state index in [4.69, 9.17) is 5.73 Å². The Labute approximate surface area is 104 Å². The van der Waals surface area contributed by atoms with Gasteiger partial charge >= 0.3 is 0 Å². The Hall–Kier alpha value is -0.610. The van der Waals surface area contributed by atoms with Gasteiger partial charge in [0.05, 0.1) is 6.04 Å². The second-order valence-corrected chi connectivity index (χ2v) is 6.49. The van der Waals surface area contributed by atoms with E-state index >= 15 is 0 Å². The molecule has 2 heterocycles. The number of fused-ring (bicyclic) bond motifs is 1. The normalized spacial score (nSPS) is 31.3. The SMILES string of the molecule is CC(C)(C)C(N)C(=O)NC1CCN2CCCC12. The summed E-state index contributed by atoms with van der Waals surface area (Å²) in [6, 6.07) is 0.461. The molecule has 0 radical (unpaired) electrons. The van der Waals surface area contributed by atoms with Crippen molar-refractivity contribution in [3.05, 3.63) is 0 Å². The average Bonchev–Trinajstić information content (AvgIpc) is 2.80. The lowest BCUT2D eigenvalue weighted by Crippen LogP contribution is -2.53. The highest BCUT2D eigenvalue weighted by atomic mass is 16.2. The molecule has 4 heteroatoms. The molecule has 0 bridgehead atoms. The number of nitrogens with one attached hydrogen (secondary N) is 1. The van der Waals surface area contributed by atoms with Gasteiger partial charge in [0.1, 0.15) is 0 Å². The molecule has 3 atom stereocenters. The van der Waals surface area contributed by atoms with E-state index < -0.39 is 6.04 Å². The van der Waals surface area contributed by atoms with Gasteiger partial charge in [0, 0.05) is 18.6 Å². The average molecular weight is 239 g/mol. The minimum Gasteiger partial charge on any atom is -0.350 e. The highest BCUT2D eigenvalue weighted by molar-refractivity contribution is 5.82. The van der Waals surface area contributed by atoms with Gasteiger partial charge in [-0.05, 0) is 31.2 Å². The van der Waals surface area contributed by atoms with E-state index in [0.717, 1.165) is 13.0 Å². The van der Waals surface area contributed by atoms with Crippen molar-refractivity contribution in [2.24, 2.45) is 11.1 Å². The molecule has 0 saturated carbocycles. The van der Waals surface area contributed by atoms with Crippen LogP contribution < -0.4 is 11.1 Å². The smallest absolute Gasteiger partial charge is 0.237 e. The summed E-state index contributed by atoms with van der Waals surface area (Å²) in [6.07, 6.45) is 3.56. The molecule has 2 aliphatic heterocycles. The molecule has 3 unspecified atom stereocenters. The fourth-order valence-electron chi connectivity index (χ4n) is 2.92. The molecule has 17 heavy (non-hydrogen) atoms. The molecule has 0 aromatic carbocycles. The van der Waals surface area contributed by atoms with Crippen molar-refractivity contribution in [3.8, 4) is 0 Å². The predicted octanol–water partition coefficient (Wildman–Crippen LogP) is 0.713. The molecule has 3 N–H and O–H groups in total. The summed E-state index contributed by atoms with van der Waals surface area (Å²) >= 11 is 0. The van der Waals surface area contributed by atoms with E-state index in [1.165, 1.54) is 19.4 Å². The van der Waals surface area contributed by atoms with Crippen molar-refractivity contribution in [2.45, 2.75) is 58.2 Å². The molecule has 0 aromatic heterocycles. The minimum absolute atomic E-state index is 0.0104. The highest BCUT2D eigenvalue weighted by Crippen LogP contribution is 2.28.